The molecule has 0 saturated heterocycles. The average molecular weight is 441 g/mol. The lowest BCUT2D eigenvalue weighted by atomic mass is 9.93. The molecule has 2 N–H and O–H groups in total. The molecule has 0 radical (unpaired) electrons. The maximum Gasteiger partial charge on any atom is 0.344 e. The van der Waals surface area contributed by atoms with E-state index in [4.69, 9.17) is 14.2 Å². The Kier molecular flexibility index (Phi) is 6.84. The van der Waals surface area contributed by atoms with Crippen LogP contribution in [0, 0.1) is 0 Å². The van der Waals surface area contributed by atoms with Crippen molar-refractivity contribution in [1.29, 1.82) is 0 Å². The van der Waals surface area contributed by atoms with E-state index < -0.39 is 18.0 Å². The minimum Gasteiger partial charge on any atom is -0.493 e. The zero-order valence-electron chi connectivity index (χ0n) is 15.5. The average Bonchev–Trinajstić information content (AvgIpc) is 2.59. The van der Waals surface area contributed by atoms with Gasteiger partial charge < -0.3 is 24.8 Å². The van der Waals surface area contributed by atoms with Crippen LogP contribution in [0.5, 0.6) is 11.5 Å². The maximum absolute atomic E-state index is 12.1. The first kappa shape index (κ1) is 20.8. The molecule has 0 fully saturated rings. The lowest BCUT2D eigenvalue weighted by Crippen LogP contribution is -2.44. The van der Waals surface area contributed by atoms with Crippen LogP contribution in [-0.4, -0.2) is 38.1 Å². The first-order valence-corrected chi connectivity index (χ1v) is 9.02. The molecule has 9 heteroatoms. The van der Waals surface area contributed by atoms with Crippen LogP contribution >= 0.6 is 15.9 Å². The highest BCUT2D eigenvalue weighted by Gasteiger charge is 2.30. The molecule has 0 unspecified atom stereocenters. The third-order valence-corrected chi connectivity index (χ3v) is 4.46. The molecule has 1 aromatic rings. The molecule has 1 aliphatic rings. The van der Waals surface area contributed by atoms with Crippen molar-refractivity contribution >= 4 is 33.7 Å². The number of methoxy groups -OCH3 is 1. The molecule has 1 atom stereocenters. The molecule has 0 aliphatic carbocycles. The molecule has 1 aliphatic heterocycles. The number of allylic oxidation sites excluding steroid dienone is 1. The van der Waals surface area contributed by atoms with Gasteiger partial charge in [0.05, 0.1) is 24.2 Å². The number of nitrogens with one attached hydrogen (secondary N) is 2. The Balaban J connectivity index is 2.40. The van der Waals surface area contributed by atoms with Gasteiger partial charge in [0.15, 0.2) is 23.9 Å². The van der Waals surface area contributed by atoms with Gasteiger partial charge in [-0.25, -0.2) is 9.59 Å². The van der Waals surface area contributed by atoms with E-state index in [0.29, 0.717) is 32.8 Å². The minimum atomic E-state index is -0.638. The monoisotopic (exact) mass is 440 g/mol. The number of halogens is 1. The van der Waals surface area contributed by atoms with E-state index in [1.165, 1.54) is 14.0 Å². The van der Waals surface area contributed by atoms with E-state index >= 15 is 0 Å². The number of ether oxygens (including phenoxy) is 3. The van der Waals surface area contributed by atoms with E-state index in [9.17, 15) is 14.4 Å². The highest BCUT2D eigenvalue weighted by Crippen LogP contribution is 2.40. The third-order valence-electron chi connectivity index (χ3n) is 3.87. The lowest BCUT2D eigenvalue weighted by molar-refractivity contribution is -0.145. The number of hydrogen-bond donors (Lipinski definition) is 2. The number of rotatable bonds is 7. The summed E-state index contributed by atoms with van der Waals surface area (Å²) >= 11 is 3.40. The van der Waals surface area contributed by atoms with Crippen molar-refractivity contribution in [3.05, 3.63) is 33.4 Å². The molecule has 0 bridgehead atoms. The fraction of sp³-hybridized carbons (Fsp3) is 0.389. The predicted molar refractivity (Wildman–Crippen MR) is 101 cm³/mol. The summed E-state index contributed by atoms with van der Waals surface area (Å²) in [6, 6.07) is 2.31. The van der Waals surface area contributed by atoms with Gasteiger partial charge in [-0.3, -0.25) is 4.79 Å². The highest BCUT2D eigenvalue weighted by atomic mass is 79.9. The smallest absolute Gasteiger partial charge is 0.344 e. The number of ketones is 1. The Morgan fingerprint density at radius 2 is 2.00 bits per heavy atom. The van der Waals surface area contributed by atoms with Gasteiger partial charge in [0.1, 0.15) is 0 Å². The van der Waals surface area contributed by atoms with Gasteiger partial charge >= 0.3 is 12.0 Å². The fourth-order valence-corrected chi connectivity index (χ4v) is 3.37. The Labute approximate surface area is 165 Å². The molecule has 146 valence electrons. The van der Waals surface area contributed by atoms with Crippen molar-refractivity contribution in [3.8, 4) is 11.5 Å². The van der Waals surface area contributed by atoms with Crippen LogP contribution in [0.1, 0.15) is 32.4 Å². The largest absolute Gasteiger partial charge is 0.493 e. The molecular weight excluding hydrogens is 420 g/mol. The van der Waals surface area contributed by atoms with Crippen molar-refractivity contribution in [2.24, 2.45) is 0 Å². The quantitative estimate of drug-likeness (QED) is 0.631. The Morgan fingerprint density at radius 3 is 2.59 bits per heavy atom. The van der Waals surface area contributed by atoms with Crippen molar-refractivity contribution in [2.75, 3.05) is 20.3 Å². The zero-order valence-corrected chi connectivity index (χ0v) is 17.1. The van der Waals surface area contributed by atoms with E-state index in [1.54, 1.807) is 26.0 Å². The summed E-state index contributed by atoms with van der Waals surface area (Å²) in [5.41, 5.74) is 1.57. The van der Waals surface area contributed by atoms with E-state index in [1.807, 2.05) is 0 Å². The second-order valence-electron chi connectivity index (χ2n) is 5.75. The number of amides is 2. The molecule has 2 amide bonds. The molecule has 1 aromatic carbocycles. The Hall–Kier alpha value is -2.55. The van der Waals surface area contributed by atoms with E-state index in [-0.39, 0.29) is 19.0 Å². The number of esters is 1. The van der Waals surface area contributed by atoms with Gasteiger partial charge in [-0.05, 0) is 54.4 Å². The van der Waals surface area contributed by atoms with Crippen molar-refractivity contribution in [2.45, 2.75) is 26.8 Å². The third kappa shape index (κ3) is 4.79. The highest BCUT2D eigenvalue weighted by molar-refractivity contribution is 9.10. The molecule has 8 nitrogen and oxygen atoms in total. The van der Waals surface area contributed by atoms with Crippen LogP contribution in [-0.2, 0) is 14.3 Å². The number of carbonyl (C=O) groups is 3. The second-order valence-corrected chi connectivity index (χ2v) is 6.61. The molecular formula is C18H21BrN2O6. The van der Waals surface area contributed by atoms with E-state index in [0.717, 1.165) is 0 Å². The lowest BCUT2D eigenvalue weighted by Gasteiger charge is -2.28. The molecule has 27 heavy (non-hydrogen) atoms. The normalized spacial score (nSPS) is 16.3. The summed E-state index contributed by atoms with van der Waals surface area (Å²) < 4.78 is 16.2. The minimum absolute atomic E-state index is 0.164. The van der Waals surface area contributed by atoms with E-state index in [2.05, 4.69) is 26.6 Å². The van der Waals surface area contributed by atoms with Gasteiger partial charge in [0.2, 0.25) is 0 Å². The van der Waals surface area contributed by atoms with Gasteiger partial charge in [0, 0.05) is 11.3 Å². The molecule has 0 aromatic heterocycles. The number of Topliss-reactive ketones (excluding diaryl/α,β-unsaturated/α-hetero) is 1. The molecule has 0 saturated carbocycles. The SMILES string of the molecule is CCOC(=O)COc1c(Br)cc([C@H]2NC(=O)NC(C)=C2C(C)=O)cc1OC. The van der Waals surface area contributed by atoms with Crippen LogP contribution in [0.3, 0.4) is 0 Å². The Morgan fingerprint density at radius 1 is 1.30 bits per heavy atom. The number of urea groups is 1. The predicted octanol–water partition coefficient (Wildman–Crippen LogP) is 2.62. The van der Waals surface area contributed by atoms with Crippen molar-refractivity contribution < 1.29 is 28.6 Å². The van der Waals surface area contributed by atoms with Crippen LogP contribution in [0.25, 0.3) is 0 Å². The van der Waals surface area contributed by atoms with Crippen LogP contribution < -0.4 is 20.1 Å². The first-order valence-electron chi connectivity index (χ1n) is 8.23. The van der Waals surface area contributed by atoms with Crippen LogP contribution in [0.15, 0.2) is 27.9 Å². The molecule has 2 rings (SSSR count). The number of hydrogen-bond acceptors (Lipinski definition) is 6. The van der Waals surface area contributed by atoms with Gasteiger partial charge in [-0.2, -0.15) is 0 Å². The van der Waals surface area contributed by atoms with Crippen LogP contribution in [0.4, 0.5) is 4.79 Å². The van der Waals surface area contributed by atoms with Gasteiger partial charge in [-0.15, -0.1) is 0 Å². The summed E-state index contributed by atoms with van der Waals surface area (Å²) in [4.78, 5) is 35.5. The zero-order chi connectivity index (χ0) is 20.1. The number of carbonyl (C=O) groups excluding carboxylic acids is 3. The summed E-state index contributed by atoms with van der Waals surface area (Å²) in [6.45, 7) is 4.80. The topological polar surface area (TPSA) is 103 Å². The fourth-order valence-electron chi connectivity index (χ4n) is 2.79. The van der Waals surface area contributed by atoms with Crippen LogP contribution in [0.2, 0.25) is 0 Å². The molecule has 1 heterocycles. The van der Waals surface area contributed by atoms with Gasteiger partial charge in [-0.1, -0.05) is 0 Å². The molecule has 0 spiro atoms. The summed E-state index contributed by atoms with van der Waals surface area (Å²) in [5.74, 6) is -0.00190. The Bertz CT molecular complexity index is 805. The van der Waals surface area contributed by atoms with Crippen molar-refractivity contribution in [1.82, 2.24) is 10.6 Å². The van der Waals surface area contributed by atoms with Crippen molar-refractivity contribution in [3.63, 3.8) is 0 Å². The summed E-state index contributed by atoms with van der Waals surface area (Å²) in [6.07, 6.45) is 0. The standard InChI is InChI=1S/C18H21BrN2O6/c1-5-26-14(23)8-27-17-12(19)6-11(7-13(17)25-4)16-15(10(3)22)9(2)20-18(24)21-16/h6-7,16H,5,8H2,1-4H3,(H2,20,21,24)/t16-/m1/s1. The first-order chi connectivity index (χ1) is 12.8. The second kappa shape index (κ2) is 8.90. The summed E-state index contributed by atoms with van der Waals surface area (Å²) in [5, 5.41) is 5.34. The van der Waals surface area contributed by atoms with Gasteiger partial charge in [0.25, 0.3) is 0 Å². The maximum atomic E-state index is 12.1. The summed E-state index contributed by atoms with van der Waals surface area (Å²) in [7, 11) is 1.46. The number of benzene rings is 1.